The predicted molar refractivity (Wildman–Crippen MR) is 163 cm³/mol. The molecule has 2 unspecified atom stereocenters. The molecule has 2 fully saturated rings. The molecule has 0 spiro atoms. The quantitative estimate of drug-likeness (QED) is 0.378. The number of carbonyl (C=O) groups excluding carboxylic acids is 3. The fourth-order valence-corrected chi connectivity index (χ4v) is 5.85. The number of ether oxygens (including phenoxy) is 2. The van der Waals surface area contributed by atoms with Crippen molar-refractivity contribution in [3.8, 4) is 16.5 Å². The van der Waals surface area contributed by atoms with E-state index in [0.717, 1.165) is 29.8 Å². The second-order valence-electron chi connectivity index (χ2n) is 11.7. The Morgan fingerprint density at radius 2 is 1.77 bits per heavy atom. The standard InChI is InChI=1S/C30H37N7O5S/c1-30(2,3)42-29(40)37-14-5-6-22(17-37)27(38)36-15-11-20(16-36)18-41-25-8-4-7-23(32-25)34-28(39)35-24-19-43-26(33-24)21-9-12-31-13-10-21/h4,7-10,12-13,19-20,22H,5-6,11,14-18H2,1-3H3,(H2,32,34,35,39). The first kappa shape index (κ1) is 30.2. The molecule has 0 aliphatic carbocycles. The minimum absolute atomic E-state index is 0.0825. The Morgan fingerprint density at radius 3 is 2.56 bits per heavy atom. The number of nitrogens with zero attached hydrogens (tertiary/aromatic N) is 5. The maximum absolute atomic E-state index is 13.3. The number of nitrogens with one attached hydrogen (secondary N) is 2. The largest absolute Gasteiger partial charge is 0.477 e. The van der Waals surface area contributed by atoms with Crippen molar-refractivity contribution in [2.45, 2.75) is 45.6 Å². The highest BCUT2D eigenvalue weighted by Crippen LogP contribution is 2.27. The minimum atomic E-state index is -0.569. The molecule has 13 heteroatoms. The number of thiazole rings is 1. The number of aromatic nitrogens is 3. The number of piperidine rings is 1. The number of pyridine rings is 2. The van der Waals surface area contributed by atoms with Gasteiger partial charge in [0.25, 0.3) is 0 Å². The molecule has 0 radical (unpaired) electrons. The van der Waals surface area contributed by atoms with E-state index in [0.29, 0.717) is 50.3 Å². The third-order valence-corrected chi connectivity index (χ3v) is 8.02. The summed E-state index contributed by atoms with van der Waals surface area (Å²) >= 11 is 1.42. The number of anilines is 2. The maximum atomic E-state index is 13.3. The van der Waals surface area contributed by atoms with Gasteiger partial charge in [-0.2, -0.15) is 4.98 Å². The van der Waals surface area contributed by atoms with E-state index in [4.69, 9.17) is 9.47 Å². The fraction of sp³-hybridized carbons (Fsp3) is 0.467. The van der Waals surface area contributed by atoms with Gasteiger partial charge in [0.15, 0.2) is 0 Å². The van der Waals surface area contributed by atoms with Crippen molar-refractivity contribution in [3.05, 3.63) is 48.1 Å². The van der Waals surface area contributed by atoms with Crippen LogP contribution in [0.3, 0.4) is 0 Å². The summed E-state index contributed by atoms with van der Waals surface area (Å²) in [4.78, 5) is 54.7. The molecule has 2 aliphatic rings. The minimum Gasteiger partial charge on any atom is -0.477 e. The third-order valence-electron chi connectivity index (χ3n) is 7.12. The van der Waals surface area contributed by atoms with Crippen LogP contribution < -0.4 is 15.4 Å². The first-order valence-corrected chi connectivity index (χ1v) is 15.3. The normalized spacial score (nSPS) is 18.7. The average Bonchev–Trinajstić information content (AvgIpc) is 3.66. The van der Waals surface area contributed by atoms with Crippen LogP contribution in [-0.2, 0) is 9.53 Å². The lowest BCUT2D eigenvalue weighted by Crippen LogP contribution is -2.47. The molecule has 2 saturated heterocycles. The van der Waals surface area contributed by atoms with Gasteiger partial charge in [0, 0.05) is 61.5 Å². The highest BCUT2D eigenvalue weighted by molar-refractivity contribution is 7.13. The molecule has 2 aliphatic heterocycles. The fourth-order valence-electron chi connectivity index (χ4n) is 5.09. The highest BCUT2D eigenvalue weighted by Gasteiger charge is 2.35. The zero-order chi connectivity index (χ0) is 30.4. The summed E-state index contributed by atoms with van der Waals surface area (Å²) in [6.07, 6.45) is 5.39. The van der Waals surface area contributed by atoms with Gasteiger partial charge in [-0.3, -0.25) is 20.4 Å². The van der Waals surface area contributed by atoms with Crippen molar-refractivity contribution in [1.29, 1.82) is 0 Å². The molecule has 2 N–H and O–H groups in total. The van der Waals surface area contributed by atoms with Crippen LogP contribution in [0.25, 0.3) is 10.6 Å². The van der Waals surface area contributed by atoms with Gasteiger partial charge < -0.3 is 19.3 Å². The van der Waals surface area contributed by atoms with Crippen LogP contribution in [0.5, 0.6) is 5.88 Å². The molecule has 3 aromatic heterocycles. The van der Waals surface area contributed by atoms with E-state index in [1.54, 1.807) is 40.9 Å². The molecule has 0 bridgehead atoms. The Balaban J connectivity index is 1.07. The SMILES string of the molecule is CC(C)(C)OC(=O)N1CCCC(C(=O)N2CCC(COc3cccc(NC(=O)Nc4csc(-c5ccncc5)n4)n3)C2)C1. The van der Waals surface area contributed by atoms with E-state index < -0.39 is 11.6 Å². The summed E-state index contributed by atoms with van der Waals surface area (Å²) in [6, 6.07) is 8.42. The van der Waals surface area contributed by atoms with E-state index in [-0.39, 0.29) is 23.8 Å². The summed E-state index contributed by atoms with van der Waals surface area (Å²) in [6.45, 7) is 8.17. The summed E-state index contributed by atoms with van der Waals surface area (Å²) in [5, 5.41) is 7.98. The lowest BCUT2D eigenvalue weighted by Gasteiger charge is -2.35. The smallest absolute Gasteiger partial charge is 0.410 e. The number of carbonyl (C=O) groups is 3. The van der Waals surface area contributed by atoms with E-state index in [1.807, 2.05) is 37.8 Å². The zero-order valence-corrected chi connectivity index (χ0v) is 25.4. The molecular formula is C30H37N7O5S. The van der Waals surface area contributed by atoms with Crippen LogP contribution in [0.2, 0.25) is 0 Å². The van der Waals surface area contributed by atoms with Crippen LogP contribution in [0.15, 0.2) is 48.1 Å². The summed E-state index contributed by atoms with van der Waals surface area (Å²) in [7, 11) is 0. The van der Waals surface area contributed by atoms with Gasteiger partial charge in [-0.25, -0.2) is 14.6 Å². The lowest BCUT2D eigenvalue weighted by atomic mass is 9.97. The summed E-state index contributed by atoms with van der Waals surface area (Å²) in [5.41, 5.74) is 0.355. The zero-order valence-electron chi connectivity index (χ0n) is 24.6. The Kier molecular flexibility index (Phi) is 9.39. The van der Waals surface area contributed by atoms with Gasteiger partial charge in [-0.05, 0) is 58.2 Å². The molecule has 228 valence electrons. The second-order valence-corrected chi connectivity index (χ2v) is 12.6. The van der Waals surface area contributed by atoms with E-state index in [9.17, 15) is 14.4 Å². The molecule has 0 aromatic carbocycles. The summed E-state index contributed by atoms with van der Waals surface area (Å²) in [5.74, 6) is 1.19. The van der Waals surface area contributed by atoms with Crippen molar-refractivity contribution in [3.63, 3.8) is 0 Å². The van der Waals surface area contributed by atoms with E-state index in [1.165, 1.54) is 11.3 Å². The molecule has 0 saturated carbocycles. The Hall–Kier alpha value is -4.26. The molecule has 3 aromatic rings. The third kappa shape index (κ3) is 8.40. The van der Waals surface area contributed by atoms with Gasteiger partial charge in [0.2, 0.25) is 11.8 Å². The van der Waals surface area contributed by atoms with Crippen LogP contribution in [0, 0.1) is 11.8 Å². The second kappa shape index (κ2) is 13.4. The molecule has 2 atom stereocenters. The van der Waals surface area contributed by atoms with Crippen LogP contribution in [0.4, 0.5) is 21.2 Å². The van der Waals surface area contributed by atoms with E-state index >= 15 is 0 Å². The molecule has 43 heavy (non-hydrogen) atoms. The van der Waals surface area contributed by atoms with Crippen LogP contribution in [0.1, 0.15) is 40.0 Å². The van der Waals surface area contributed by atoms with Crippen LogP contribution in [-0.4, -0.2) is 81.2 Å². The maximum Gasteiger partial charge on any atom is 0.410 e. The topological polar surface area (TPSA) is 139 Å². The monoisotopic (exact) mass is 607 g/mol. The number of likely N-dealkylation sites (tertiary alicyclic amines) is 2. The summed E-state index contributed by atoms with van der Waals surface area (Å²) < 4.78 is 11.4. The molecule has 4 amide bonds. The van der Waals surface area contributed by atoms with Crippen LogP contribution >= 0.6 is 11.3 Å². The molecule has 5 rings (SSSR count). The Labute approximate surface area is 254 Å². The highest BCUT2D eigenvalue weighted by atomic mass is 32.1. The van der Waals surface area contributed by atoms with Gasteiger partial charge >= 0.3 is 12.1 Å². The van der Waals surface area contributed by atoms with Crippen molar-refractivity contribution in [2.75, 3.05) is 43.4 Å². The van der Waals surface area contributed by atoms with Gasteiger partial charge in [-0.1, -0.05) is 6.07 Å². The number of urea groups is 1. The van der Waals surface area contributed by atoms with Gasteiger partial charge in [0.1, 0.15) is 22.2 Å². The van der Waals surface area contributed by atoms with Crippen molar-refractivity contribution >= 4 is 41.0 Å². The van der Waals surface area contributed by atoms with Crippen molar-refractivity contribution < 1.29 is 23.9 Å². The number of hydrogen-bond acceptors (Lipinski definition) is 9. The number of amides is 4. The predicted octanol–water partition coefficient (Wildman–Crippen LogP) is 5.12. The van der Waals surface area contributed by atoms with E-state index in [2.05, 4.69) is 25.6 Å². The molecule has 12 nitrogen and oxygen atoms in total. The number of rotatable bonds is 7. The molecule has 5 heterocycles. The van der Waals surface area contributed by atoms with Crippen molar-refractivity contribution in [1.82, 2.24) is 24.8 Å². The Morgan fingerprint density at radius 1 is 0.977 bits per heavy atom. The lowest BCUT2D eigenvalue weighted by molar-refractivity contribution is -0.136. The molecular weight excluding hydrogens is 570 g/mol. The number of hydrogen-bond donors (Lipinski definition) is 2. The Bertz CT molecular complexity index is 1430. The van der Waals surface area contributed by atoms with Crippen molar-refractivity contribution in [2.24, 2.45) is 11.8 Å². The van der Waals surface area contributed by atoms with Gasteiger partial charge in [-0.15, -0.1) is 11.3 Å². The first-order valence-electron chi connectivity index (χ1n) is 14.4. The average molecular weight is 608 g/mol. The van der Waals surface area contributed by atoms with Gasteiger partial charge in [0.05, 0.1) is 12.5 Å². The first-order chi connectivity index (χ1) is 20.6.